The summed E-state index contributed by atoms with van der Waals surface area (Å²) in [7, 11) is 0. The van der Waals surface area contributed by atoms with Crippen molar-refractivity contribution in [2.45, 2.75) is 24.4 Å². The maximum atomic E-state index is 13.7. The smallest absolute Gasteiger partial charge is 0.137 e. The van der Waals surface area contributed by atoms with Gasteiger partial charge in [-0.05, 0) is 57.6 Å². The van der Waals surface area contributed by atoms with Crippen molar-refractivity contribution in [2.75, 3.05) is 0 Å². The molecule has 106 valence electrons. The van der Waals surface area contributed by atoms with Crippen LogP contribution in [0.3, 0.4) is 0 Å². The van der Waals surface area contributed by atoms with Gasteiger partial charge >= 0.3 is 0 Å². The summed E-state index contributed by atoms with van der Waals surface area (Å²) in [5.41, 5.74) is 1.35. The van der Waals surface area contributed by atoms with Crippen LogP contribution in [0.15, 0.2) is 46.9 Å². The van der Waals surface area contributed by atoms with Crippen LogP contribution in [0.1, 0.15) is 29.2 Å². The second-order valence-corrected chi connectivity index (χ2v) is 6.17. The first-order valence-corrected chi connectivity index (χ1v) is 7.50. The fourth-order valence-electron chi connectivity index (χ4n) is 3.07. The summed E-state index contributed by atoms with van der Waals surface area (Å²) in [6.07, 6.45) is 0.246. The predicted molar refractivity (Wildman–Crippen MR) is 81.1 cm³/mol. The maximum Gasteiger partial charge on any atom is 0.137 e. The molecule has 0 spiro atoms. The highest BCUT2D eigenvalue weighted by Gasteiger charge is 2.45. The van der Waals surface area contributed by atoms with Crippen LogP contribution in [0, 0.1) is 17.1 Å². The summed E-state index contributed by atoms with van der Waals surface area (Å²) in [5.74, 6) is -0.439. The number of halogens is 2. The van der Waals surface area contributed by atoms with Gasteiger partial charge in [-0.2, -0.15) is 5.26 Å². The third-order valence-electron chi connectivity index (χ3n) is 4.21. The lowest BCUT2D eigenvalue weighted by Crippen LogP contribution is -2.29. The minimum Gasteiger partial charge on any atom is -0.386 e. The first kappa shape index (κ1) is 14.2. The summed E-state index contributed by atoms with van der Waals surface area (Å²) < 4.78 is 14.1. The first-order valence-electron chi connectivity index (χ1n) is 6.71. The number of nitriles is 1. The van der Waals surface area contributed by atoms with E-state index in [2.05, 4.69) is 22.0 Å². The van der Waals surface area contributed by atoms with Crippen LogP contribution in [-0.4, -0.2) is 5.11 Å². The zero-order valence-electron chi connectivity index (χ0n) is 11.2. The molecule has 2 aromatic rings. The van der Waals surface area contributed by atoms with E-state index in [-0.39, 0.29) is 0 Å². The van der Waals surface area contributed by atoms with Crippen molar-refractivity contribution >= 4 is 15.9 Å². The molecule has 2 nitrogen and oxygen atoms in total. The van der Waals surface area contributed by atoms with Crippen LogP contribution in [0.25, 0.3) is 0 Å². The van der Waals surface area contributed by atoms with E-state index < -0.39 is 17.3 Å². The fraction of sp³-hybridized carbons (Fsp3) is 0.235. The van der Waals surface area contributed by atoms with Gasteiger partial charge in [0.05, 0.1) is 10.5 Å². The Hall–Kier alpha value is -1.70. The van der Waals surface area contributed by atoms with Gasteiger partial charge in [-0.15, -0.1) is 0 Å². The highest BCUT2D eigenvalue weighted by Crippen LogP contribution is 2.47. The number of aliphatic hydroxyl groups is 1. The minimum absolute atomic E-state index is 0.344. The highest BCUT2D eigenvalue weighted by atomic mass is 79.9. The van der Waals surface area contributed by atoms with E-state index in [0.717, 1.165) is 17.5 Å². The molecule has 4 heteroatoms. The molecule has 3 rings (SSSR count). The van der Waals surface area contributed by atoms with Gasteiger partial charge in [0.25, 0.3) is 0 Å². The minimum atomic E-state index is -1.05. The van der Waals surface area contributed by atoms with Crippen LogP contribution in [-0.2, 0) is 11.8 Å². The third-order valence-corrected chi connectivity index (χ3v) is 4.86. The van der Waals surface area contributed by atoms with Gasteiger partial charge in [0, 0.05) is 0 Å². The topological polar surface area (TPSA) is 44.0 Å². The number of nitrogens with zero attached hydrogens (tertiary/aromatic N) is 1. The molecule has 0 aliphatic heterocycles. The van der Waals surface area contributed by atoms with Crippen LogP contribution >= 0.6 is 15.9 Å². The standard InChI is InChI=1S/C17H13BrFNO/c18-14-6-5-12(9-15(14)19)16(21)17(10-20)8-7-11-3-1-2-4-13(11)17/h1-6,9,16,21H,7-8H2. The van der Waals surface area contributed by atoms with Crippen molar-refractivity contribution in [3.63, 3.8) is 0 Å². The zero-order chi connectivity index (χ0) is 15.0. The molecule has 0 saturated heterocycles. The predicted octanol–water partition coefficient (Wildman–Crippen LogP) is 4.03. The lowest BCUT2D eigenvalue weighted by Gasteiger charge is -2.28. The molecule has 2 unspecified atom stereocenters. The maximum absolute atomic E-state index is 13.7. The number of aliphatic hydroxyl groups excluding tert-OH is 1. The molecule has 1 aliphatic rings. The summed E-state index contributed by atoms with van der Waals surface area (Å²) in [6, 6.07) is 14.4. The Kier molecular flexibility index (Phi) is 3.56. The Bertz CT molecular complexity index is 740. The molecule has 21 heavy (non-hydrogen) atoms. The monoisotopic (exact) mass is 345 g/mol. The van der Waals surface area contributed by atoms with Crippen LogP contribution in [0.2, 0.25) is 0 Å². The third kappa shape index (κ3) is 2.17. The first-order chi connectivity index (χ1) is 10.1. The Morgan fingerprint density at radius 2 is 2.05 bits per heavy atom. The van der Waals surface area contributed by atoms with E-state index in [0.29, 0.717) is 16.5 Å². The summed E-state index contributed by atoms with van der Waals surface area (Å²) in [6.45, 7) is 0. The van der Waals surface area contributed by atoms with E-state index in [1.807, 2.05) is 24.3 Å². The summed E-state index contributed by atoms with van der Waals surface area (Å²) in [4.78, 5) is 0. The molecular weight excluding hydrogens is 333 g/mol. The quantitative estimate of drug-likeness (QED) is 0.892. The summed E-state index contributed by atoms with van der Waals surface area (Å²) >= 11 is 3.10. The highest BCUT2D eigenvalue weighted by molar-refractivity contribution is 9.10. The van der Waals surface area contributed by atoms with E-state index >= 15 is 0 Å². The van der Waals surface area contributed by atoms with Gasteiger partial charge in [0.15, 0.2) is 0 Å². The zero-order valence-corrected chi connectivity index (χ0v) is 12.8. The van der Waals surface area contributed by atoms with Crippen LogP contribution < -0.4 is 0 Å². The van der Waals surface area contributed by atoms with Crippen molar-refractivity contribution in [1.82, 2.24) is 0 Å². The molecular formula is C17H13BrFNO. The Morgan fingerprint density at radius 1 is 1.29 bits per heavy atom. The van der Waals surface area contributed by atoms with Gasteiger partial charge in [-0.1, -0.05) is 30.3 Å². The van der Waals surface area contributed by atoms with Crippen molar-refractivity contribution in [3.8, 4) is 6.07 Å². The largest absolute Gasteiger partial charge is 0.386 e. The Morgan fingerprint density at radius 3 is 2.76 bits per heavy atom. The normalized spacial score (nSPS) is 21.6. The second kappa shape index (κ2) is 5.25. The number of rotatable bonds is 2. The Labute approximate surface area is 131 Å². The van der Waals surface area contributed by atoms with E-state index in [1.165, 1.54) is 6.07 Å². The van der Waals surface area contributed by atoms with Gasteiger partial charge in [-0.3, -0.25) is 0 Å². The van der Waals surface area contributed by atoms with E-state index in [1.54, 1.807) is 12.1 Å². The average Bonchev–Trinajstić information content (AvgIpc) is 2.89. The van der Waals surface area contributed by atoms with Crippen molar-refractivity contribution in [1.29, 1.82) is 5.26 Å². The molecule has 2 aromatic carbocycles. The molecule has 1 aliphatic carbocycles. The van der Waals surface area contributed by atoms with E-state index in [9.17, 15) is 14.8 Å². The van der Waals surface area contributed by atoms with Gasteiger partial charge < -0.3 is 5.11 Å². The van der Waals surface area contributed by atoms with Crippen molar-refractivity contribution < 1.29 is 9.50 Å². The number of hydrogen-bond acceptors (Lipinski definition) is 2. The van der Waals surface area contributed by atoms with E-state index in [4.69, 9.17) is 0 Å². The molecule has 0 heterocycles. The molecule has 0 radical (unpaired) electrons. The molecule has 2 atom stereocenters. The number of fused-ring (bicyclic) bond motifs is 1. The fourth-order valence-corrected chi connectivity index (χ4v) is 3.31. The van der Waals surface area contributed by atoms with Crippen molar-refractivity contribution in [2.24, 2.45) is 0 Å². The van der Waals surface area contributed by atoms with Crippen LogP contribution in [0.4, 0.5) is 4.39 Å². The molecule has 1 N–H and O–H groups in total. The van der Waals surface area contributed by atoms with Crippen molar-refractivity contribution in [3.05, 3.63) is 69.4 Å². The number of benzene rings is 2. The van der Waals surface area contributed by atoms with Gasteiger partial charge in [0.2, 0.25) is 0 Å². The second-order valence-electron chi connectivity index (χ2n) is 5.32. The SMILES string of the molecule is N#CC1(C(O)c2ccc(Br)c(F)c2)CCc2ccccc21. The Balaban J connectivity index is 2.09. The summed E-state index contributed by atoms with van der Waals surface area (Å²) in [5, 5.41) is 20.4. The van der Waals surface area contributed by atoms with Crippen LogP contribution in [0.5, 0.6) is 0 Å². The van der Waals surface area contributed by atoms with Gasteiger partial charge in [0.1, 0.15) is 17.3 Å². The molecule has 0 bridgehead atoms. The molecule has 0 amide bonds. The lowest BCUT2D eigenvalue weighted by molar-refractivity contribution is 0.110. The lowest BCUT2D eigenvalue weighted by atomic mass is 9.75. The number of hydrogen-bond donors (Lipinski definition) is 1. The van der Waals surface area contributed by atoms with Gasteiger partial charge in [-0.25, -0.2) is 4.39 Å². The molecule has 0 saturated carbocycles. The number of aryl methyl sites for hydroxylation is 1. The molecule has 0 aromatic heterocycles. The molecule has 0 fully saturated rings. The average molecular weight is 346 g/mol.